The summed E-state index contributed by atoms with van der Waals surface area (Å²) in [6.07, 6.45) is -0.0981. The van der Waals surface area contributed by atoms with E-state index in [9.17, 15) is 18.7 Å². The smallest absolute Gasteiger partial charge is 0.348 e. The lowest BCUT2D eigenvalue weighted by molar-refractivity contribution is -0.132. The number of nitrogens with zero attached hydrogens (tertiary/aromatic N) is 4. The van der Waals surface area contributed by atoms with Crippen LogP contribution in [0.3, 0.4) is 0 Å². The minimum absolute atomic E-state index is 0.130. The Labute approximate surface area is 139 Å². The van der Waals surface area contributed by atoms with Gasteiger partial charge in [0.2, 0.25) is 0 Å². The van der Waals surface area contributed by atoms with Crippen molar-refractivity contribution in [1.29, 1.82) is 5.26 Å². The summed E-state index contributed by atoms with van der Waals surface area (Å²) >= 11 is 1.32. The summed E-state index contributed by atoms with van der Waals surface area (Å²) in [5, 5.41) is 27.2. The normalized spacial score (nSPS) is 13.3. The minimum atomic E-state index is -2.91. The van der Waals surface area contributed by atoms with Crippen LogP contribution < -0.4 is 5.32 Å². The van der Waals surface area contributed by atoms with Crippen LogP contribution in [0.25, 0.3) is 5.70 Å². The molecule has 1 unspecified atom stereocenters. The molecule has 0 saturated heterocycles. The van der Waals surface area contributed by atoms with E-state index < -0.39 is 29.7 Å². The number of rotatable bonds is 6. The monoisotopic (exact) mass is 353 g/mol. The third-order valence-electron chi connectivity index (χ3n) is 3.09. The van der Waals surface area contributed by atoms with Crippen LogP contribution in [0.2, 0.25) is 0 Å². The highest BCUT2D eigenvalue weighted by Crippen LogP contribution is 2.29. The highest BCUT2D eigenvalue weighted by Gasteiger charge is 2.26. The van der Waals surface area contributed by atoms with Gasteiger partial charge in [-0.05, 0) is 6.92 Å². The molecule has 2 heterocycles. The quantitative estimate of drug-likeness (QED) is 0.611. The number of carbonyl (C=O) groups is 1. The minimum Gasteiger partial charge on any atom is -0.477 e. The van der Waals surface area contributed by atoms with Gasteiger partial charge < -0.3 is 10.4 Å². The van der Waals surface area contributed by atoms with Crippen LogP contribution in [0, 0.1) is 11.3 Å². The number of aryl methyl sites for hydroxylation is 1. The maximum Gasteiger partial charge on any atom is 0.348 e. The van der Waals surface area contributed by atoms with Gasteiger partial charge in [0.05, 0.1) is 11.7 Å². The number of aromatic nitrogens is 3. The van der Waals surface area contributed by atoms with Gasteiger partial charge in [0.1, 0.15) is 16.8 Å². The van der Waals surface area contributed by atoms with Crippen LogP contribution in [-0.4, -0.2) is 25.8 Å². The van der Waals surface area contributed by atoms with Crippen LogP contribution in [0.15, 0.2) is 23.3 Å². The van der Waals surface area contributed by atoms with Gasteiger partial charge in [-0.1, -0.05) is 0 Å². The molecule has 10 heteroatoms. The summed E-state index contributed by atoms with van der Waals surface area (Å²) in [6.45, 7) is 1.69. The SMILES string of the molecule is CC(NC(=C(C#N)C(=O)O)c1cn(C)nc1C(F)F)c1nccs1. The fourth-order valence-corrected chi connectivity index (χ4v) is 2.73. The molecule has 0 spiro atoms. The zero-order chi connectivity index (χ0) is 17.9. The van der Waals surface area contributed by atoms with E-state index in [2.05, 4.69) is 15.4 Å². The zero-order valence-corrected chi connectivity index (χ0v) is 13.5. The lowest BCUT2D eigenvalue weighted by Gasteiger charge is -2.17. The van der Waals surface area contributed by atoms with E-state index in [1.54, 1.807) is 24.6 Å². The first-order chi connectivity index (χ1) is 11.3. The molecule has 126 valence electrons. The van der Waals surface area contributed by atoms with E-state index in [1.165, 1.54) is 24.6 Å². The van der Waals surface area contributed by atoms with Gasteiger partial charge in [-0.3, -0.25) is 4.68 Å². The van der Waals surface area contributed by atoms with Crippen molar-refractivity contribution in [2.24, 2.45) is 7.05 Å². The molecular formula is C14H13F2N5O2S. The van der Waals surface area contributed by atoms with E-state index in [0.717, 1.165) is 4.68 Å². The number of nitrogens with one attached hydrogen (secondary N) is 1. The Hall–Kier alpha value is -2.80. The number of nitriles is 1. The van der Waals surface area contributed by atoms with Crippen molar-refractivity contribution in [2.45, 2.75) is 19.4 Å². The van der Waals surface area contributed by atoms with Crippen molar-refractivity contribution in [3.8, 4) is 6.07 Å². The molecule has 0 bridgehead atoms. The molecule has 0 amide bonds. The molecule has 24 heavy (non-hydrogen) atoms. The molecule has 1 atom stereocenters. The first-order valence-electron chi connectivity index (χ1n) is 6.70. The summed E-state index contributed by atoms with van der Waals surface area (Å²) in [7, 11) is 1.43. The fraction of sp³-hybridized carbons (Fsp3) is 0.286. The van der Waals surface area contributed by atoms with Gasteiger partial charge in [-0.15, -0.1) is 11.3 Å². The Morgan fingerprint density at radius 2 is 2.25 bits per heavy atom. The van der Waals surface area contributed by atoms with Gasteiger partial charge in [-0.2, -0.15) is 10.4 Å². The number of aliphatic carboxylic acids is 1. The average Bonchev–Trinajstić information content (AvgIpc) is 3.15. The maximum atomic E-state index is 13.2. The molecule has 0 fully saturated rings. The number of alkyl halides is 2. The molecule has 2 aromatic heterocycles. The van der Waals surface area contributed by atoms with Crippen molar-refractivity contribution in [1.82, 2.24) is 20.1 Å². The topological polar surface area (TPSA) is 104 Å². The number of halogens is 2. The summed E-state index contributed by atoms with van der Waals surface area (Å²) in [6, 6.07) is 1.07. The van der Waals surface area contributed by atoms with E-state index in [1.807, 2.05) is 0 Å². The molecule has 0 radical (unpaired) electrons. The summed E-state index contributed by atoms with van der Waals surface area (Å²) in [5.41, 5.74) is -1.61. The average molecular weight is 353 g/mol. The van der Waals surface area contributed by atoms with Crippen molar-refractivity contribution in [3.05, 3.63) is 39.6 Å². The highest BCUT2D eigenvalue weighted by molar-refractivity contribution is 7.09. The highest BCUT2D eigenvalue weighted by atomic mass is 32.1. The predicted molar refractivity (Wildman–Crippen MR) is 82.0 cm³/mol. The number of hydrogen-bond donors (Lipinski definition) is 2. The Balaban J connectivity index is 2.57. The predicted octanol–water partition coefficient (Wildman–Crippen LogP) is 2.48. The number of carboxylic acids is 1. The van der Waals surface area contributed by atoms with E-state index in [-0.39, 0.29) is 11.3 Å². The molecule has 0 saturated carbocycles. The number of thiazole rings is 1. The molecule has 2 rings (SSSR count). The molecule has 2 N–H and O–H groups in total. The van der Waals surface area contributed by atoms with E-state index >= 15 is 0 Å². The summed E-state index contributed by atoms with van der Waals surface area (Å²) in [5.74, 6) is -1.52. The van der Waals surface area contributed by atoms with Gasteiger partial charge in [-0.25, -0.2) is 18.6 Å². The molecule has 0 aliphatic heterocycles. The van der Waals surface area contributed by atoms with Crippen LogP contribution >= 0.6 is 11.3 Å². The second-order valence-corrected chi connectivity index (χ2v) is 5.73. The number of hydrogen-bond acceptors (Lipinski definition) is 6. The van der Waals surface area contributed by atoms with Crippen molar-refractivity contribution in [2.75, 3.05) is 0 Å². The first-order valence-corrected chi connectivity index (χ1v) is 7.58. The lowest BCUT2D eigenvalue weighted by Crippen LogP contribution is -2.21. The Morgan fingerprint density at radius 1 is 1.54 bits per heavy atom. The molecule has 0 aliphatic rings. The van der Waals surface area contributed by atoms with Crippen molar-refractivity contribution < 1.29 is 18.7 Å². The van der Waals surface area contributed by atoms with Crippen molar-refractivity contribution in [3.63, 3.8) is 0 Å². The molecular weight excluding hydrogens is 340 g/mol. The zero-order valence-electron chi connectivity index (χ0n) is 12.7. The number of carboxylic acid groups (broad SMARTS) is 1. The van der Waals surface area contributed by atoms with E-state index in [4.69, 9.17) is 5.26 Å². The Morgan fingerprint density at radius 3 is 2.75 bits per heavy atom. The van der Waals surface area contributed by atoms with Gasteiger partial charge in [0.25, 0.3) is 6.43 Å². The maximum absolute atomic E-state index is 13.2. The van der Waals surface area contributed by atoms with Crippen molar-refractivity contribution >= 4 is 23.0 Å². The first kappa shape index (κ1) is 17.6. The van der Waals surface area contributed by atoms with E-state index in [0.29, 0.717) is 5.01 Å². The van der Waals surface area contributed by atoms with Crippen LogP contribution in [-0.2, 0) is 11.8 Å². The Kier molecular flexibility index (Phi) is 5.25. The largest absolute Gasteiger partial charge is 0.477 e. The lowest BCUT2D eigenvalue weighted by atomic mass is 10.1. The second kappa shape index (κ2) is 7.18. The third kappa shape index (κ3) is 3.57. The molecule has 7 nitrogen and oxygen atoms in total. The van der Waals surface area contributed by atoms with Gasteiger partial charge >= 0.3 is 5.97 Å². The fourth-order valence-electron chi connectivity index (χ4n) is 2.08. The van der Waals surface area contributed by atoms with Crippen LogP contribution in [0.1, 0.15) is 35.7 Å². The second-order valence-electron chi connectivity index (χ2n) is 4.81. The van der Waals surface area contributed by atoms with Gasteiger partial charge in [0, 0.05) is 30.4 Å². The van der Waals surface area contributed by atoms with Gasteiger partial charge in [0.15, 0.2) is 5.57 Å². The van der Waals surface area contributed by atoms with Crippen LogP contribution in [0.5, 0.6) is 0 Å². The third-order valence-corrected chi connectivity index (χ3v) is 4.05. The molecule has 2 aromatic rings. The molecule has 0 aliphatic carbocycles. The van der Waals surface area contributed by atoms with Crippen LogP contribution in [0.4, 0.5) is 8.78 Å². The summed E-state index contributed by atoms with van der Waals surface area (Å²) < 4.78 is 27.6. The standard InChI is InChI=1S/C14H13F2N5O2S/c1-7(13-18-3-4-24-13)19-10(8(5-17)14(22)23)9-6-21(2)20-11(9)12(15)16/h3-4,6-7,12,19H,1-2H3,(H,22,23). The Bertz CT molecular complexity index is 808. The summed E-state index contributed by atoms with van der Waals surface area (Å²) in [4.78, 5) is 15.4. The molecule has 0 aromatic carbocycles.